The molecule has 0 amide bonds. The average molecular weight is 218 g/mol. The number of nitriles is 1. The van der Waals surface area contributed by atoms with Gasteiger partial charge in [0.25, 0.3) is 0 Å². The first-order chi connectivity index (χ1) is 7.90. The average Bonchev–Trinajstić information content (AvgIpc) is 2.38. The Morgan fingerprint density at radius 2 is 2.31 bits per heavy atom. The molecule has 1 aliphatic heterocycles. The minimum absolute atomic E-state index is 0.489. The van der Waals surface area contributed by atoms with Gasteiger partial charge in [0.05, 0.1) is 13.2 Å². The zero-order chi connectivity index (χ0) is 11.2. The minimum atomic E-state index is 0.489. The highest BCUT2D eigenvalue weighted by molar-refractivity contribution is 5.30. The molecular formula is C11H14N4O. The molecule has 84 valence electrons. The van der Waals surface area contributed by atoms with Crippen LogP contribution in [0.3, 0.4) is 0 Å². The van der Waals surface area contributed by atoms with Crippen LogP contribution >= 0.6 is 0 Å². The molecule has 1 N–H and O–H groups in total. The fourth-order valence-electron chi connectivity index (χ4n) is 1.60. The lowest BCUT2D eigenvalue weighted by Gasteiger charge is -2.27. The quantitative estimate of drug-likeness (QED) is 0.790. The van der Waals surface area contributed by atoms with Gasteiger partial charge < -0.3 is 4.74 Å². The molecule has 5 heteroatoms. The third-order valence-corrected chi connectivity index (χ3v) is 2.50. The topological polar surface area (TPSA) is 61.2 Å². The molecule has 0 spiro atoms. The predicted octanol–water partition coefficient (Wildman–Crippen LogP) is 0.290. The van der Waals surface area contributed by atoms with Gasteiger partial charge in [-0.1, -0.05) is 6.07 Å². The van der Waals surface area contributed by atoms with E-state index in [-0.39, 0.29) is 0 Å². The Labute approximate surface area is 94.6 Å². The highest BCUT2D eigenvalue weighted by atomic mass is 16.5. The van der Waals surface area contributed by atoms with Gasteiger partial charge in [-0.15, -0.1) is 0 Å². The lowest BCUT2D eigenvalue weighted by molar-refractivity contribution is 0.0105. The van der Waals surface area contributed by atoms with Crippen LogP contribution in [0, 0.1) is 11.3 Å². The molecule has 2 rings (SSSR count). The van der Waals surface area contributed by atoms with Crippen molar-refractivity contribution < 1.29 is 4.74 Å². The van der Waals surface area contributed by atoms with Crippen LogP contribution in [0.15, 0.2) is 18.3 Å². The van der Waals surface area contributed by atoms with Crippen LogP contribution in [0.2, 0.25) is 0 Å². The molecule has 1 fully saturated rings. The van der Waals surface area contributed by atoms with E-state index >= 15 is 0 Å². The van der Waals surface area contributed by atoms with Gasteiger partial charge in [-0.3, -0.25) is 5.43 Å². The second-order valence-electron chi connectivity index (χ2n) is 3.56. The van der Waals surface area contributed by atoms with Crippen LogP contribution in [0.25, 0.3) is 0 Å². The molecule has 1 aromatic rings. The maximum Gasteiger partial charge on any atom is 0.144 e. The maximum atomic E-state index is 8.88. The molecule has 1 aliphatic rings. The number of hydrogen-bond donors (Lipinski definition) is 1. The highest BCUT2D eigenvalue weighted by Crippen LogP contribution is 2.04. The summed E-state index contributed by atoms with van der Waals surface area (Å²) in [6, 6.07) is 5.85. The van der Waals surface area contributed by atoms with Gasteiger partial charge in [0, 0.05) is 31.4 Å². The van der Waals surface area contributed by atoms with E-state index in [1.807, 2.05) is 12.1 Å². The van der Waals surface area contributed by atoms with Crippen LogP contribution in [-0.2, 0) is 11.3 Å². The van der Waals surface area contributed by atoms with Crippen molar-refractivity contribution >= 4 is 0 Å². The summed E-state index contributed by atoms with van der Waals surface area (Å²) < 4.78 is 5.25. The standard InChI is InChI=1S/C11H14N4O/c12-8-11-10(2-1-3-13-11)9-14-15-4-6-16-7-5-15/h1-3,14H,4-7,9H2. The highest BCUT2D eigenvalue weighted by Gasteiger charge is 2.10. The lowest BCUT2D eigenvalue weighted by atomic mass is 10.2. The van der Waals surface area contributed by atoms with Crippen LogP contribution in [0.5, 0.6) is 0 Å². The fraction of sp³-hybridized carbons (Fsp3) is 0.455. The van der Waals surface area contributed by atoms with E-state index in [2.05, 4.69) is 21.5 Å². The van der Waals surface area contributed by atoms with Crippen molar-refractivity contribution in [3.05, 3.63) is 29.6 Å². The third kappa shape index (κ3) is 2.76. The number of nitrogens with zero attached hydrogens (tertiary/aromatic N) is 3. The van der Waals surface area contributed by atoms with E-state index < -0.39 is 0 Å². The summed E-state index contributed by atoms with van der Waals surface area (Å²) in [5, 5.41) is 11.0. The smallest absolute Gasteiger partial charge is 0.144 e. The molecular weight excluding hydrogens is 204 g/mol. The van der Waals surface area contributed by atoms with E-state index in [1.54, 1.807) is 6.20 Å². The number of aromatic nitrogens is 1. The minimum Gasteiger partial charge on any atom is -0.379 e. The van der Waals surface area contributed by atoms with E-state index in [0.717, 1.165) is 31.9 Å². The SMILES string of the molecule is N#Cc1ncccc1CNN1CCOCC1. The molecule has 16 heavy (non-hydrogen) atoms. The normalized spacial score (nSPS) is 16.9. The second kappa shape index (κ2) is 5.56. The van der Waals surface area contributed by atoms with Gasteiger partial charge in [0.1, 0.15) is 11.8 Å². The van der Waals surface area contributed by atoms with Crippen molar-refractivity contribution in [1.82, 2.24) is 15.4 Å². The second-order valence-corrected chi connectivity index (χ2v) is 3.56. The van der Waals surface area contributed by atoms with Crippen molar-refractivity contribution in [3.8, 4) is 6.07 Å². The first-order valence-electron chi connectivity index (χ1n) is 5.30. The van der Waals surface area contributed by atoms with Crippen LogP contribution in [-0.4, -0.2) is 36.3 Å². The van der Waals surface area contributed by atoms with E-state index in [4.69, 9.17) is 10.00 Å². The number of ether oxygens (including phenoxy) is 1. The Morgan fingerprint density at radius 3 is 3.06 bits per heavy atom. The van der Waals surface area contributed by atoms with Crippen molar-refractivity contribution in [2.75, 3.05) is 26.3 Å². The van der Waals surface area contributed by atoms with Gasteiger partial charge >= 0.3 is 0 Å². The molecule has 0 aliphatic carbocycles. The Hall–Kier alpha value is -1.48. The van der Waals surface area contributed by atoms with E-state index in [0.29, 0.717) is 12.2 Å². The van der Waals surface area contributed by atoms with E-state index in [1.165, 1.54) is 0 Å². The zero-order valence-electron chi connectivity index (χ0n) is 9.02. The molecule has 0 radical (unpaired) electrons. The molecule has 1 saturated heterocycles. The first-order valence-corrected chi connectivity index (χ1v) is 5.30. The van der Waals surface area contributed by atoms with Crippen molar-refractivity contribution in [3.63, 3.8) is 0 Å². The molecule has 0 saturated carbocycles. The third-order valence-electron chi connectivity index (χ3n) is 2.50. The Morgan fingerprint density at radius 1 is 1.50 bits per heavy atom. The summed E-state index contributed by atoms with van der Waals surface area (Å²) in [4.78, 5) is 4.02. The summed E-state index contributed by atoms with van der Waals surface area (Å²) in [7, 11) is 0. The number of hydrazine groups is 1. The number of rotatable bonds is 3. The van der Waals surface area contributed by atoms with Gasteiger partial charge in [0.15, 0.2) is 0 Å². The number of morpholine rings is 1. The summed E-state index contributed by atoms with van der Waals surface area (Å²) in [6.45, 7) is 3.90. The van der Waals surface area contributed by atoms with Gasteiger partial charge in [-0.05, 0) is 6.07 Å². The number of hydrogen-bond acceptors (Lipinski definition) is 5. The molecule has 0 aromatic carbocycles. The summed E-state index contributed by atoms with van der Waals surface area (Å²) in [5.74, 6) is 0. The summed E-state index contributed by atoms with van der Waals surface area (Å²) >= 11 is 0. The maximum absolute atomic E-state index is 8.88. The largest absolute Gasteiger partial charge is 0.379 e. The van der Waals surface area contributed by atoms with Crippen molar-refractivity contribution in [2.24, 2.45) is 0 Å². The Kier molecular flexibility index (Phi) is 3.83. The predicted molar refractivity (Wildman–Crippen MR) is 58.2 cm³/mol. The summed E-state index contributed by atoms with van der Waals surface area (Å²) in [6.07, 6.45) is 1.64. The van der Waals surface area contributed by atoms with Crippen LogP contribution in [0.1, 0.15) is 11.3 Å². The molecule has 0 bridgehead atoms. The Bertz CT molecular complexity index is 382. The fourth-order valence-corrected chi connectivity index (χ4v) is 1.60. The van der Waals surface area contributed by atoms with Gasteiger partial charge in [-0.2, -0.15) is 5.26 Å². The molecule has 1 aromatic heterocycles. The van der Waals surface area contributed by atoms with E-state index in [9.17, 15) is 0 Å². The Balaban J connectivity index is 1.91. The molecule has 0 unspecified atom stereocenters. The van der Waals surface area contributed by atoms with Crippen LogP contribution in [0.4, 0.5) is 0 Å². The lowest BCUT2D eigenvalue weighted by Crippen LogP contribution is -2.45. The van der Waals surface area contributed by atoms with Crippen molar-refractivity contribution in [1.29, 1.82) is 5.26 Å². The first kappa shape index (κ1) is 11.0. The van der Waals surface area contributed by atoms with Gasteiger partial charge in [-0.25, -0.2) is 9.99 Å². The number of nitrogens with one attached hydrogen (secondary N) is 1. The van der Waals surface area contributed by atoms with Gasteiger partial charge in [0.2, 0.25) is 0 Å². The number of pyridine rings is 1. The zero-order valence-corrected chi connectivity index (χ0v) is 9.02. The van der Waals surface area contributed by atoms with Crippen molar-refractivity contribution in [2.45, 2.75) is 6.54 Å². The summed E-state index contributed by atoms with van der Waals surface area (Å²) in [5.41, 5.74) is 4.69. The van der Waals surface area contributed by atoms with Crippen LogP contribution < -0.4 is 5.43 Å². The monoisotopic (exact) mass is 218 g/mol. The molecule has 0 atom stereocenters. The molecule has 2 heterocycles. The molecule has 5 nitrogen and oxygen atoms in total.